The van der Waals surface area contributed by atoms with Crippen LogP contribution < -0.4 is 0 Å². The average Bonchev–Trinajstić information content (AvgIpc) is 2.71. The second kappa shape index (κ2) is 5.57. The predicted molar refractivity (Wildman–Crippen MR) is 56.9 cm³/mol. The fourth-order valence-electron chi connectivity index (χ4n) is 1.38. The van der Waals surface area contributed by atoms with Crippen molar-refractivity contribution in [3.63, 3.8) is 0 Å². The monoisotopic (exact) mass is 274 g/mol. The average molecular weight is 274 g/mol. The second-order valence-electron chi connectivity index (χ2n) is 3.67. The van der Waals surface area contributed by atoms with Crippen molar-refractivity contribution in [3.05, 3.63) is 42.2 Å². The Morgan fingerprint density at radius 2 is 2.07 bits per heavy atom. The molecule has 0 aliphatic rings. The Balaban J connectivity index is 0.00000112. The molecule has 0 atom stereocenters. The van der Waals surface area contributed by atoms with Crippen LogP contribution in [0.15, 0.2) is 30.6 Å². The molecule has 0 amide bonds. The van der Waals surface area contributed by atoms with Crippen molar-refractivity contribution in [2.45, 2.75) is 19.8 Å². The van der Waals surface area contributed by atoms with Crippen LogP contribution in [0.3, 0.4) is 0 Å². The van der Waals surface area contributed by atoms with E-state index in [9.17, 15) is 0 Å². The quantitative estimate of drug-likeness (QED) is 0.838. The normalized spacial score (nSPS) is 10.1. The van der Waals surface area contributed by atoms with E-state index >= 15 is 0 Å². The summed E-state index contributed by atoms with van der Waals surface area (Å²) in [6, 6.07) is 9.52. The number of H-pyrrole nitrogens is 1. The van der Waals surface area contributed by atoms with Gasteiger partial charge < -0.3 is 0 Å². The van der Waals surface area contributed by atoms with E-state index in [0.29, 0.717) is 5.92 Å². The van der Waals surface area contributed by atoms with Gasteiger partial charge in [-0.15, -0.1) is 5.56 Å². The predicted octanol–water partition coefficient (Wildman–Crippen LogP) is 3.00. The summed E-state index contributed by atoms with van der Waals surface area (Å²) in [5.41, 5.74) is 3.51. The van der Waals surface area contributed by atoms with E-state index in [1.54, 1.807) is 0 Å². The minimum absolute atomic E-state index is 0. The molecule has 0 aliphatic carbocycles. The molecule has 0 aliphatic heterocycles. The maximum atomic E-state index is 3.92. The van der Waals surface area contributed by atoms with Crippen LogP contribution >= 0.6 is 0 Å². The zero-order valence-corrected chi connectivity index (χ0v) is 11.8. The van der Waals surface area contributed by atoms with Crippen molar-refractivity contribution in [1.82, 2.24) is 10.2 Å². The third kappa shape index (κ3) is 2.99. The Morgan fingerprint density at radius 3 is 2.53 bits per heavy atom. The molecule has 0 saturated carbocycles. The van der Waals surface area contributed by atoms with Crippen LogP contribution in [0.25, 0.3) is 11.1 Å². The molecule has 15 heavy (non-hydrogen) atoms. The Labute approximate surface area is 115 Å². The van der Waals surface area contributed by atoms with Gasteiger partial charge in [-0.25, -0.2) is 0 Å². The van der Waals surface area contributed by atoms with E-state index in [4.69, 9.17) is 0 Å². The number of hydrogen-bond donors (Lipinski definition) is 1. The molecule has 0 spiro atoms. The zero-order chi connectivity index (χ0) is 9.97. The zero-order valence-electron chi connectivity index (χ0n) is 8.99. The number of nitrogens with zero attached hydrogens (tertiary/aromatic N) is 1. The molecule has 1 aromatic carbocycles. The molecule has 2 rings (SSSR count). The fraction of sp³-hybridized carbons (Fsp3) is 0.250. The number of aromatic amines is 1. The molecule has 75 valence electrons. The standard InChI is InChI=1S/C12H13N2.Y/c1-9(2)10-3-5-11(6-4-10)12-7-13-14-8-12;/h3,5-9H,1-2H3,(H,13,14);/q-1;. The van der Waals surface area contributed by atoms with Gasteiger partial charge >= 0.3 is 0 Å². The van der Waals surface area contributed by atoms with E-state index in [1.165, 1.54) is 5.56 Å². The molecule has 2 nitrogen and oxygen atoms in total. The number of nitrogens with one attached hydrogen (secondary N) is 1. The Morgan fingerprint density at radius 1 is 1.27 bits per heavy atom. The molecule has 2 aromatic rings. The van der Waals surface area contributed by atoms with Crippen LogP contribution in [0.4, 0.5) is 0 Å². The van der Waals surface area contributed by atoms with Gasteiger partial charge in [-0.05, 0) is 11.5 Å². The van der Waals surface area contributed by atoms with Crippen molar-refractivity contribution in [3.8, 4) is 11.1 Å². The molecule has 0 bridgehead atoms. The fourth-order valence-corrected chi connectivity index (χ4v) is 1.38. The molecule has 0 fully saturated rings. The number of aromatic nitrogens is 2. The van der Waals surface area contributed by atoms with Gasteiger partial charge in [-0.1, -0.05) is 13.8 Å². The van der Waals surface area contributed by atoms with Gasteiger partial charge in [0.1, 0.15) is 0 Å². The van der Waals surface area contributed by atoms with E-state index in [0.717, 1.165) is 11.1 Å². The van der Waals surface area contributed by atoms with Crippen molar-refractivity contribution < 1.29 is 32.7 Å². The van der Waals surface area contributed by atoms with Gasteiger partial charge in [0.05, 0.1) is 0 Å². The van der Waals surface area contributed by atoms with Gasteiger partial charge in [0.15, 0.2) is 0 Å². The first kappa shape index (κ1) is 12.6. The maximum absolute atomic E-state index is 3.92. The third-order valence-corrected chi connectivity index (χ3v) is 2.29. The molecule has 3 heteroatoms. The number of rotatable bonds is 2. The van der Waals surface area contributed by atoms with E-state index in [1.807, 2.05) is 18.5 Å². The number of hydrogen-bond acceptors (Lipinski definition) is 1. The second-order valence-corrected chi connectivity index (χ2v) is 3.67. The van der Waals surface area contributed by atoms with Crippen molar-refractivity contribution >= 4 is 0 Å². The van der Waals surface area contributed by atoms with Crippen LogP contribution in [-0.4, -0.2) is 10.2 Å². The summed E-state index contributed by atoms with van der Waals surface area (Å²) in [5, 5.41) is 6.72. The van der Waals surface area contributed by atoms with Crippen molar-refractivity contribution in [1.29, 1.82) is 0 Å². The van der Waals surface area contributed by atoms with Crippen molar-refractivity contribution in [2.75, 3.05) is 0 Å². The Kier molecular flexibility index (Phi) is 4.68. The van der Waals surface area contributed by atoms with Gasteiger partial charge in [-0.2, -0.15) is 34.9 Å². The van der Waals surface area contributed by atoms with Crippen LogP contribution in [0.5, 0.6) is 0 Å². The molecule has 1 radical (unpaired) electrons. The smallest absolute Gasteiger partial charge is 0.0443 e. The minimum atomic E-state index is 0. The van der Waals surface area contributed by atoms with Crippen LogP contribution in [0.2, 0.25) is 0 Å². The van der Waals surface area contributed by atoms with E-state index < -0.39 is 0 Å². The maximum Gasteiger partial charge on any atom is 0.0443 e. The number of benzene rings is 1. The molecule has 1 heterocycles. The summed E-state index contributed by atoms with van der Waals surface area (Å²) in [7, 11) is 0. The van der Waals surface area contributed by atoms with E-state index in [-0.39, 0.29) is 32.7 Å². The summed E-state index contributed by atoms with van der Waals surface area (Å²) in [5.74, 6) is 0.536. The Hall–Kier alpha value is -0.466. The molecule has 1 aromatic heterocycles. The third-order valence-electron chi connectivity index (χ3n) is 2.29. The summed E-state index contributed by atoms with van der Waals surface area (Å²) in [4.78, 5) is 0. The minimum Gasteiger partial charge on any atom is -0.286 e. The van der Waals surface area contributed by atoms with Crippen LogP contribution in [0.1, 0.15) is 25.3 Å². The van der Waals surface area contributed by atoms with E-state index in [2.05, 4.69) is 42.2 Å². The first-order chi connectivity index (χ1) is 6.77. The molecule has 1 N–H and O–H groups in total. The first-order valence-corrected chi connectivity index (χ1v) is 4.78. The van der Waals surface area contributed by atoms with Crippen LogP contribution in [-0.2, 0) is 32.7 Å². The first-order valence-electron chi connectivity index (χ1n) is 4.78. The van der Waals surface area contributed by atoms with Gasteiger partial charge in [0.25, 0.3) is 0 Å². The molecular formula is C12H13N2Y-. The van der Waals surface area contributed by atoms with Gasteiger partial charge in [0, 0.05) is 45.1 Å². The topological polar surface area (TPSA) is 28.7 Å². The summed E-state index contributed by atoms with van der Waals surface area (Å²) in [6.07, 6.45) is 3.70. The van der Waals surface area contributed by atoms with Gasteiger partial charge in [0.2, 0.25) is 0 Å². The summed E-state index contributed by atoms with van der Waals surface area (Å²) < 4.78 is 0. The Bertz CT molecular complexity index is 390. The summed E-state index contributed by atoms with van der Waals surface area (Å²) >= 11 is 0. The van der Waals surface area contributed by atoms with Crippen molar-refractivity contribution in [2.24, 2.45) is 0 Å². The molecule has 0 unspecified atom stereocenters. The largest absolute Gasteiger partial charge is 0.286 e. The summed E-state index contributed by atoms with van der Waals surface area (Å²) in [6.45, 7) is 4.34. The molecule has 0 saturated heterocycles. The van der Waals surface area contributed by atoms with Crippen LogP contribution in [0, 0.1) is 6.07 Å². The van der Waals surface area contributed by atoms with Gasteiger partial charge in [-0.3, -0.25) is 5.10 Å². The molecular weight excluding hydrogens is 261 g/mol. The SMILES string of the molecule is CC(C)c1[c-]cc(-c2cn[nH]c2)cc1.[Y].